The molecular formula is C17H20F2O3. The minimum atomic E-state index is -3.49. The molecule has 0 aliphatic heterocycles. The molecule has 120 valence electrons. The Morgan fingerprint density at radius 3 is 2.36 bits per heavy atom. The molecule has 0 radical (unpaired) electrons. The van der Waals surface area contributed by atoms with Crippen molar-refractivity contribution >= 4 is 0 Å². The van der Waals surface area contributed by atoms with E-state index in [9.17, 15) is 13.9 Å². The summed E-state index contributed by atoms with van der Waals surface area (Å²) in [6, 6.07) is 5.07. The van der Waals surface area contributed by atoms with Crippen LogP contribution in [0.5, 0.6) is 11.5 Å². The van der Waals surface area contributed by atoms with Crippen LogP contribution in [0, 0.1) is 11.8 Å². The van der Waals surface area contributed by atoms with Crippen LogP contribution in [0.25, 0.3) is 0 Å². The van der Waals surface area contributed by atoms with Crippen LogP contribution < -0.4 is 4.74 Å². The Morgan fingerprint density at radius 1 is 1.23 bits per heavy atom. The summed E-state index contributed by atoms with van der Waals surface area (Å²) < 4.78 is 32.6. The van der Waals surface area contributed by atoms with Crippen molar-refractivity contribution in [3.8, 4) is 11.5 Å². The van der Waals surface area contributed by atoms with Gasteiger partial charge in [-0.2, -0.15) is 8.78 Å². The summed E-state index contributed by atoms with van der Waals surface area (Å²) in [5, 5.41) is 19.0. The zero-order chi connectivity index (χ0) is 16.3. The topological polar surface area (TPSA) is 49.7 Å². The van der Waals surface area contributed by atoms with Gasteiger partial charge in [0.05, 0.1) is 5.76 Å². The summed E-state index contributed by atoms with van der Waals surface area (Å²) in [7, 11) is 0. The monoisotopic (exact) mass is 310 g/mol. The molecular weight excluding hydrogens is 290 g/mol. The van der Waals surface area contributed by atoms with E-state index in [0.29, 0.717) is 5.92 Å². The molecule has 0 amide bonds. The molecule has 1 aliphatic carbocycles. The van der Waals surface area contributed by atoms with Gasteiger partial charge in [-0.1, -0.05) is 13.0 Å². The standard InChI is InChI=1S/C17H20F2O3/c1-11-3-9-15(11)16(21)10-4-12(2)17(18,19)22-14-7-5-13(20)6-8-14/h4-8,10-11,15,20-21H,3,9H2,1-2H3/b12-4+,16-10+. The minimum Gasteiger partial charge on any atom is -0.512 e. The lowest BCUT2D eigenvalue weighted by Crippen LogP contribution is -2.26. The Hall–Kier alpha value is -2.04. The predicted molar refractivity (Wildman–Crippen MR) is 80.0 cm³/mol. The first-order chi connectivity index (χ1) is 10.3. The molecule has 1 aromatic rings. The number of aromatic hydroxyl groups is 1. The molecule has 0 spiro atoms. The highest BCUT2D eigenvalue weighted by molar-refractivity contribution is 5.31. The Bertz CT molecular complexity index is 576. The molecule has 1 saturated carbocycles. The lowest BCUT2D eigenvalue weighted by atomic mass is 9.74. The predicted octanol–water partition coefficient (Wildman–Crippen LogP) is 4.80. The van der Waals surface area contributed by atoms with Gasteiger partial charge >= 0.3 is 6.11 Å². The normalized spacial score (nSPS) is 23.1. The third kappa shape index (κ3) is 3.78. The van der Waals surface area contributed by atoms with E-state index in [4.69, 9.17) is 5.11 Å². The van der Waals surface area contributed by atoms with Crippen LogP contribution in [-0.2, 0) is 0 Å². The number of ether oxygens (including phenoxy) is 1. The molecule has 0 aromatic heterocycles. The number of hydrogen-bond acceptors (Lipinski definition) is 3. The molecule has 2 unspecified atom stereocenters. The maximum Gasteiger partial charge on any atom is 0.422 e. The first-order valence-electron chi connectivity index (χ1n) is 7.23. The Labute approximate surface area is 128 Å². The van der Waals surface area contributed by atoms with Crippen LogP contribution in [-0.4, -0.2) is 16.3 Å². The van der Waals surface area contributed by atoms with Crippen molar-refractivity contribution < 1.29 is 23.7 Å². The Morgan fingerprint density at radius 2 is 1.86 bits per heavy atom. The van der Waals surface area contributed by atoms with Crippen molar-refractivity contribution in [3.63, 3.8) is 0 Å². The van der Waals surface area contributed by atoms with Crippen molar-refractivity contribution in [1.29, 1.82) is 0 Å². The van der Waals surface area contributed by atoms with Gasteiger partial charge in [0.2, 0.25) is 0 Å². The van der Waals surface area contributed by atoms with Gasteiger partial charge in [-0.15, -0.1) is 0 Å². The molecule has 1 fully saturated rings. The molecule has 1 aliphatic rings. The van der Waals surface area contributed by atoms with Gasteiger partial charge in [-0.05, 0) is 56.0 Å². The quantitative estimate of drug-likeness (QED) is 0.607. The first kappa shape index (κ1) is 16.3. The fraction of sp³-hybridized carbons (Fsp3) is 0.412. The molecule has 22 heavy (non-hydrogen) atoms. The molecule has 5 heteroatoms. The van der Waals surface area contributed by atoms with E-state index < -0.39 is 6.11 Å². The lowest BCUT2D eigenvalue weighted by molar-refractivity contribution is -0.141. The van der Waals surface area contributed by atoms with Crippen LogP contribution in [0.2, 0.25) is 0 Å². The van der Waals surface area contributed by atoms with E-state index in [0.717, 1.165) is 12.8 Å². The zero-order valence-corrected chi connectivity index (χ0v) is 12.6. The van der Waals surface area contributed by atoms with E-state index in [1.807, 2.05) is 6.92 Å². The summed E-state index contributed by atoms with van der Waals surface area (Å²) in [6.07, 6.45) is 0.950. The van der Waals surface area contributed by atoms with E-state index in [1.165, 1.54) is 43.3 Å². The summed E-state index contributed by atoms with van der Waals surface area (Å²) in [4.78, 5) is 0. The van der Waals surface area contributed by atoms with E-state index in [1.54, 1.807) is 0 Å². The average molecular weight is 310 g/mol. The van der Waals surface area contributed by atoms with Crippen molar-refractivity contribution in [2.45, 2.75) is 32.8 Å². The molecule has 1 aromatic carbocycles. The van der Waals surface area contributed by atoms with Gasteiger partial charge in [-0.3, -0.25) is 0 Å². The molecule has 2 atom stereocenters. The molecule has 2 N–H and O–H groups in total. The maximum atomic E-state index is 14.0. The Balaban J connectivity index is 2.05. The fourth-order valence-electron chi connectivity index (χ4n) is 2.28. The number of rotatable bonds is 5. The van der Waals surface area contributed by atoms with Gasteiger partial charge in [0.15, 0.2) is 0 Å². The van der Waals surface area contributed by atoms with Crippen LogP contribution in [0.3, 0.4) is 0 Å². The molecule has 0 saturated heterocycles. The second kappa shape index (κ2) is 6.38. The number of hydrogen-bond donors (Lipinski definition) is 2. The summed E-state index contributed by atoms with van der Waals surface area (Å²) in [6.45, 7) is 3.27. The van der Waals surface area contributed by atoms with Crippen molar-refractivity contribution in [1.82, 2.24) is 0 Å². The zero-order valence-electron chi connectivity index (χ0n) is 12.6. The molecule has 2 rings (SSSR count). The second-order valence-corrected chi connectivity index (χ2v) is 5.72. The highest BCUT2D eigenvalue weighted by atomic mass is 19.3. The third-order valence-electron chi connectivity index (χ3n) is 4.05. The lowest BCUT2D eigenvalue weighted by Gasteiger charge is -2.33. The fourth-order valence-corrected chi connectivity index (χ4v) is 2.28. The number of benzene rings is 1. The van der Waals surface area contributed by atoms with E-state index >= 15 is 0 Å². The van der Waals surface area contributed by atoms with Crippen LogP contribution in [0.1, 0.15) is 26.7 Å². The summed E-state index contributed by atoms with van der Waals surface area (Å²) in [5.41, 5.74) is -0.306. The highest BCUT2D eigenvalue weighted by Crippen LogP contribution is 2.38. The highest BCUT2D eigenvalue weighted by Gasteiger charge is 2.34. The van der Waals surface area contributed by atoms with E-state index in [-0.39, 0.29) is 28.7 Å². The van der Waals surface area contributed by atoms with Crippen LogP contribution in [0.4, 0.5) is 8.78 Å². The smallest absolute Gasteiger partial charge is 0.422 e. The van der Waals surface area contributed by atoms with Crippen molar-refractivity contribution in [3.05, 3.63) is 47.7 Å². The number of phenols is 1. The van der Waals surface area contributed by atoms with Crippen molar-refractivity contribution in [2.75, 3.05) is 0 Å². The van der Waals surface area contributed by atoms with Gasteiger partial charge in [0, 0.05) is 11.5 Å². The van der Waals surface area contributed by atoms with Gasteiger partial charge in [-0.25, -0.2) is 0 Å². The number of halogens is 2. The van der Waals surface area contributed by atoms with Gasteiger partial charge in [0.25, 0.3) is 0 Å². The first-order valence-corrected chi connectivity index (χ1v) is 7.23. The second-order valence-electron chi connectivity index (χ2n) is 5.72. The molecule has 0 heterocycles. The number of aliphatic hydroxyl groups excluding tert-OH is 1. The van der Waals surface area contributed by atoms with Gasteiger partial charge in [0.1, 0.15) is 11.5 Å². The SMILES string of the molecule is C/C(=C\C=C(\O)C1CCC1C)C(F)(F)Oc1ccc(O)cc1. The molecule has 3 nitrogen and oxygen atoms in total. The van der Waals surface area contributed by atoms with Gasteiger partial charge < -0.3 is 14.9 Å². The third-order valence-corrected chi connectivity index (χ3v) is 4.05. The minimum absolute atomic E-state index is 0.0228. The van der Waals surface area contributed by atoms with Crippen LogP contribution >= 0.6 is 0 Å². The van der Waals surface area contributed by atoms with E-state index in [2.05, 4.69) is 4.74 Å². The van der Waals surface area contributed by atoms with Crippen molar-refractivity contribution in [2.24, 2.45) is 11.8 Å². The Kier molecular flexibility index (Phi) is 4.74. The maximum absolute atomic E-state index is 14.0. The number of aliphatic hydroxyl groups is 1. The summed E-state index contributed by atoms with van der Waals surface area (Å²) in [5.74, 6) is 0.523. The molecule has 0 bridgehead atoms. The van der Waals surface area contributed by atoms with Crippen LogP contribution in [0.15, 0.2) is 47.7 Å². The number of phenolic OH excluding ortho intramolecular Hbond substituents is 1. The number of allylic oxidation sites excluding steroid dienone is 3. The number of alkyl halides is 2. The largest absolute Gasteiger partial charge is 0.512 e. The average Bonchev–Trinajstić information content (AvgIpc) is 2.45. The summed E-state index contributed by atoms with van der Waals surface area (Å²) >= 11 is 0.